The number of hydrogen-bond donors (Lipinski definition) is 0. The monoisotopic (exact) mass is 473 g/mol. The van der Waals surface area contributed by atoms with Crippen molar-refractivity contribution in [2.45, 2.75) is 26.0 Å². The van der Waals surface area contributed by atoms with Crippen LogP contribution in [0.15, 0.2) is 66.7 Å². The lowest BCUT2D eigenvalue weighted by Crippen LogP contribution is -2.30. The van der Waals surface area contributed by atoms with E-state index >= 15 is 0 Å². The highest BCUT2D eigenvalue weighted by Gasteiger charge is 2.26. The van der Waals surface area contributed by atoms with E-state index in [4.69, 9.17) is 14.2 Å². The maximum atomic E-state index is 13.5. The van der Waals surface area contributed by atoms with E-state index in [9.17, 15) is 9.18 Å². The van der Waals surface area contributed by atoms with Crippen LogP contribution in [0.4, 0.5) is 4.39 Å². The third-order valence-corrected chi connectivity index (χ3v) is 6.32. The van der Waals surface area contributed by atoms with Gasteiger partial charge in [-0.15, -0.1) is 0 Å². The van der Waals surface area contributed by atoms with E-state index in [0.29, 0.717) is 50.0 Å². The topological polar surface area (TPSA) is 48.0 Å². The maximum Gasteiger partial charge on any atom is 0.246 e. The van der Waals surface area contributed by atoms with Gasteiger partial charge in [0.2, 0.25) is 5.91 Å². The predicted octanol–water partition coefficient (Wildman–Crippen LogP) is 5.40. The van der Waals surface area contributed by atoms with Gasteiger partial charge in [-0.3, -0.25) is 4.79 Å². The van der Waals surface area contributed by atoms with Gasteiger partial charge >= 0.3 is 0 Å². The first kappa shape index (κ1) is 23.1. The number of carbonyl (C=O) groups excluding carboxylic acids is 1. The molecule has 0 unspecified atom stereocenters. The van der Waals surface area contributed by atoms with Gasteiger partial charge in [0.1, 0.15) is 18.5 Å². The molecule has 2 heterocycles. The van der Waals surface area contributed by atoms with Crippen molar-refractivity contribution >= 4 is 12.0 Å². The summed E-state index contributed by atoms with van der Waals surface area (Å²) in [6.07, 6.45) is 3.93. The Kier molecular flexibility index (Phi) is 6.82. The molecule has 3 aromatic carbocycles. The Balaban J connectivity index is 1.46. The summed E-state index contributed by atoms with van der Waals surface area (Å²) in [5.41, 5.74) is 4.81. The summed E-state index contributed by atoms with van der Waals surface area (Å²) >= 11 is 0. The molecule has 0 saturated carbocycles. The number of rotatable bonds is 5. The first-order valence-electron chi connectivity index (χ1n) is 11.9. The molecule has 1 amide bonds. The van der Waals surface area contributed by atoms with Crippen LogP contribution >= 0.6 is 0 Å². The fourth-order valence-corrected chi connectivity index (χ4v) is 4.48. The van der Waals surface area contributed by atoms with Crippen molar-refractivity contribution in [3.8, 4) is 22.6 Å². The van der Waals surface area contributed by atoms with Gasteiger partial charge in [-0.1, -0.05) is 36.4 Å². The van der Waals surface area contributed by atoms with Crippen LogP contribution in [-0.4, -0.2) is 43.3 Å². The molecule has 3 aromatic rings. The number of nitrogens with zero attached hydrogens (tertiary/aromatic N) is 1. The minimum absolute atomic E-state index is 0.0231. The van der Waals surface area contributed by atoms with E-state index in [1.54, 1.807) is 23.1 Å². The number of amides is 1. The Labute approximate surface area is 204 Å². The second kappa shape index (κ2) is 10.3. The zero-order valence-corrected chi connectivity index (χ0v) is 19.7. The highest BCUT2D eigenvalue weighted by molar-refractivity contribution is 5.92. The Morgan fingerprint density at radius 2 is 2.00 bits per heavy atom. The number of ether oxygens (including phenoxy) is 3. The molecule has 2 aliphatic heterocycles. The third-order valence-electron chi connectivity index (χ3n) is 6.32. The molecule has 5 nitrogen and oxygen atoms in total. The van der Waals surface area contributed by atoms with Crippen LogP contribution in [-0.2, 0) is 16.1 Å². The van der Waals surface area contributed by atoms with Crippen molar-refractivity contribution in [3.63, 3.8) is 0 Å². The number of fused-ring (bicyclic) bond motifs is 1. The SMILES string of the molecule is Cc1ccccc1-c1cc2c(c(O[C@@H]3CCOC3)c1)OCCN(C(=O)/C=C/c1cccc(F)c1)C2. The van der Waals surface area contributed by atoms with Crippen LogP contribution in [0, 0.1) is 12.7 Å². The quantitative estimate of drug-likeness (QED) is 0.466. The van der Waals surface area contributed by atoms with Crippen molar-refractivity contribution in [3.05, 3.63) is 89.2 Å². The summed E-state index contributed by atoms with van der Waals surface area (Å²) in [6, 6.07) is 18.5. The number of hydrogen-bond acceptors (Lipinski definition) is 4. The van der Waals surface area contributed by atoms with Crippen LogP contribution in [0.25, 0.3) is 17.2 Å². The van der Waals surface area contributed by atoms with Gasteiger partial charge in [0.15, 0.2) is 11.5 Å². The molecule has 0 aromatic heterocycles. The average Bonchev–Trinajstić information content (AvgIpc) is 3.26. The first-order valence-corrected chi connectivity index (χ1v) is 11.9. The smallest absolute Gasteiger partial charge is 0.246 e. The molecule has 0 radical (unpaired) electrons. The molecule has 0 bridgehead atoms. The zero-order chi connectivity index (χ0) is 24.2. The van der Waals surface area contributed by atoms with E-state index < -0.39 is 0 Å². The molecule has 1 atom stereocenters. The van der Waals surface area contributed by atoms with Crippen molar-refractivity contribution in [1.82, 2.24) is 4.90 Å². The van der Waals surface area contributed by atoms with E-state index in [2.05, 4.69) is 25.1 Å². The molecule has 2 aliphatic rings. The normalized spacial score (nSPS) is 17.7. The van der Waals surface area contributed by atoms with E-state index in [0.717, 1.165) is 28.7 Å². The predicted molar refractivity (Wildman–Crippen MR) is 133 cm³/mol. The minimum Gasteiger partial charge on any atom is -0.487 e. The van der Waals surface area contributed by atoms with Gasteiger partial charge < -0.3 is 19.1 Å². The molecule has 35 heavy (non-hydrogen) atoms. The maximum absolute atomic E-state index is 13.5. The molecule has 1 saturated heterocycles. The summed E-state index contributed by atoms with van der Waals surface area (Å²) in [5.74, 6) is 0.874. The van der Waals surface area contributed by atoms with Gasteiger partial charge in [-0.2, -0.15) is 0 Å². The van der Waals surface area contributed by atoms with Crippen molar-refractivity contribution in [2.24, 2.45) is 0 Å². The fourth-order valence-electron chi connectivity index (χ4n) is 4.48. The number of benzene rings is 3. The van der Waals surface area contributed by atoms with Crippen LogP contribution in [0.2, 0.25) is 0 Å². The lowest BCUT2D eigenvalue weighted by Gasteiger charge is -2.20. The number of carbonyl (C=O) groups is 1. The molecule has 5 rings (SSSR count). The van der Waals surface area contributed by atoms with Crippen molar-refractivity contribution < 1.29 is 23.4 Å². The average molecular weight is 474 g/mol. The van der Waals surface area contributed by atoms with Crippen LogP contribution < -0.4 is 9.47 Å². The zero-order valence-electron chi connectivity index (χ0n) is 19.7. The summed E-state index contributed by atoms with van der Waals surface area (Å²) in [4.78, 5) is 14.8. The van der Waals surface area contributed by atoms with Gasteiger partial charge in [0.05, 0.1) is 19.8 Å². The Bertz CT molecular complexity index is 1250. The summed E-state index contributed by atoms with van der Waals surface area (Å²) in [6.45, 7) is 4.50. The molecular weight excluding hydrogens is 445 g/mol. The number of aryl methyl sites for hydroxylation is 1. The summed E-state index contributed by atoms with van der Waals surface area (Å²) in [7, 11) is 0. The van der Waals surface area contributed by atoms with Gasteiger partial charge in [-0.25, -0.2) is 4.39 Å². The highest BCUT2D eigenvalue weighted by atomic mass is 19.1. The molecular formula is C29H28FNO4. The standard InChI is InChI=1S/C29H28FNO4/c1-20-5-2-3-8-26(20)22-16-23-18-31(28(32)10-9-21-6-4-7-24(30)15-21)12-14-34-29(23)27(17-22)35-25-11-13-33-19-25/h2-10,15-17,25H,11-14,18-19H2,1H3/b10-9+/t25-/m1/s1. The Hall–Kier alpha value is -3.64. The van der Waals surface area contributed by atoms with Gasteiger partial charge in [-0.05, 0) is 59.5 Å². The Morgan fingerprint density at radius 1 is 1.11 bits per heavy atom. The molecule has 6 heteroatoms. The Morgan fingerprint density at radius 3 is 2.80 bits per heavy atom. The second-order valence-corrected chi connectivity index (χ2v) is 8.88. The first-order chi connectivity index (χ1) is 17.1. The number of halogens is 1. The summed E-state index contributed by atoms with van der Waals surface area (Å²) in [5, 5.41) is 0. The third kappa shape index (κ3) is 5.38. The molecule has 0 spiro atoms. The second-order valence-electron chi connectivity index (χ2n) is 8.88. The largest absolute Gasteiger partial charge is 0.487 e. The highest BCUT2D eigenvalue weighted by Crippen LogP contribution is 2.40. The van der Waals surface area contributed by atoms with Crippen molar-refractivity contribution in [2.75, 3.05) is 26.4 Å². The fraction of sp³-hybridized carbons (Fsp3) is 0.276. The minimum atomic E-state index is -0.333. The molecule has 0 aliphatic carbocycles. The molecule has 180 valence electrons. The molecule has 1 fully saturated rings. The van der Waals surface area contributed by atoms with Crippen molar-refractivity contribution in [1.29, 1.82) is 0 Å². The lowest BCUT2D eigenvalue weighted by atomic mass is 9.97. The van der Waals surface area contributed by atoms with E-state index in [-0.39, 0.29) is 17.8 Å². The van der Waals surface area contributed by atoms with Gasteiger partial charge in [0.25, 0.3) is 0 Å². The van der Waals surface area contributed by atoms with Gasteiger partial charge in [0, 0.05) is 24.6 Å². The van der Waals surface area contributed by atoms with Crippen LogP contribution in [0.1, 0.15) is 23.1 Å². The van der Waals surface area contributed by atoms with Crippen LogP contribution in [0.3, 0.4) is 0 Å². The van der Waals surface area contributed by atoms with E-state index in [1.807, 2.05) is 18.2 Å². The van der Waals surface area contributed by atoms with Crippen LogP contribution in [0.5, 0.6) is 11.5 Å². The summed E-state index contributed by atoms with van der Waals surface area (Å²) < 4.78 is 31.5. The molecule has 0 N–H and O–H groups in total. The lowest BCUT2D eigenvalue weighted by molar-refractivity contribution is -0.126. The van der Waals surface area contributed by atoms with E-state index in [1.165, 1.54) is 18.2 Å².